The Bertz CT molecular complexity index is 332. The molecule has 1 saturated carbocycles. The quantitative estimate of drug-likeness (QED) is 0.647. The Balaban J connectivity index is 2.43. The molecule has 1 aliphatic rings. The van der Waals surface area contributed by atoms with Gasteiger partial charge in [0.2, 0.25) is 0 Å². The minimum atomic E-state index is -0.369. The van der Waals surface area contributed by atoms with Crippen LogP contribution in [0, 0.1) is 5.82 Å². The molecule has 70 valence electrons. The van der Waals surface area contributed by atoms with Crippen LogP contribution in [0.15, 0.2) is 18.2 Å². The SMILES string of the molecule is Nc1ccc(F)cc1C1(N)CCC1. The number of benzene rings is 1. The summed E-state index contributed by atoms with van der Waals surface area (Å²) in [6.07, 6.45) is 2.91. The van der Waals surface area contributed by atoms with Crippen LogP contribution >= 0.6 is 0 Å². The second-order valence-corrected chi connectivity index (χ2v) is 3.74. The third kappa shape index (κ3) is 1.29. The molecule has 4 N–H and O–H groups in total. The highest BCUT2D eigenvalue weighted by atomic mass is 19.1. The van der Waals surface area contributed by atoms with Crippen LogP contribution in [-0.4, -0.2) is 0 Å². The summed E-state index contributed by atoms with van der Waals surface area (Å²) in [6, 6.07) is 4.40. The van der Waals surface area contributed by atoms with Gasteiger partial charge in [-0.1, -0.05) is 0 Å². The zero-order valence-corrected chi connectivity index (χ0v) is 7.39. The fourth-order valence-corrected chi connectivity index (χ4v) is 1.79. The molecule has 1 aromatic carbocycles. The van der Waals surface area contributed by atoms with Crippen LogP contribution < -0.4 is 11.5 Å². The molecule has 0 bridgehead atoms. The number of nitrogen functional groups attached to an aromatic ring is 1. The molecule has 13 heavy (non-hydrogen) atoms. The fraction of sp³-hybridized carbons (Fsp3) is 0.400. The summed E-state index contributed by atoms with van der Waals surface area (Å²) in [5, 5.41) is 0. The van der Waals surface area contributed by atoms with Gasteiger partial charge in [-0.25, -0.2) is 4.39 Å². The number of nitrogens with two attached hydrogens (primary N) is 2. The predicted octanol–water partition coefficient (Wildman–Crippen LogP) is 1.75. The molecule has 0 aliphatic heterocycles. The van der Waals surface area contributed by atoms with Crippen molar-refractivity contribution in [2.45, 2.75) is 24.8 Å². The molecule has 1 aromatic rings. The van der Waals surface area contributed by atoms with Crippen molar-refractivity contribution in [3.63, 3.8) is 0 Å². The highest BCUT2D eigenvalue weighted by molar-refractivity contribution is 5.51. The normalized spacial score (nSPS) is 19.5. The third-order valence-electron chi connectivity index (χ3n) is 2.80. The molecule has 2 rings (SSSR count). The first-order valence-electron chi connectivity index (χ1n) is 4.46. The van der Waals surface area contributed by atoms with Crippen LogP contribution in [0.25, 0.3) is 0 Å². The standard InChI is InChI=1S/C10H13FN2/c11-7-2-3-9(12)8(6-7)10(13)4-1-5-10/h2-3,6H,1,4-5,12-13H2. The van der Waals surface area contributed by atoms with E-state index in [9.17, 15) is 4.39 Å². The minimum Gasteiger partial charge on any atom is -0.398 e. The maximum absolute atomic E-state index is 12.9. The number of anilines is 1. The zero-order chi connectivity index (χ0) is 9.47. The summed E-state index contributed by atoms with van der Waals surface area (Å²) in [5.74, 6) is -0.263. The van der Waals surface area contributed by atoms with Crippen molar-refractivity contribution in [3.8, 4) is 0 Å². The van der Waals surface area contributed by atoms with Gasteiger partial charge in [-0.05, 0) is 43.0 Å². The van der Waals surface area contributed by atoms with Crippen LogP contribution in [0.4, 0.5) is 10.1 Å². The van der Waals surface area contributed by atoms with E-state index in [1.807, 2.05) is 0 Å². The van der Waals surface area contributed by atoms with Gasteiger partial charge in [-0.15, -0.1) is 0 Å². The fourth-order valence-electron chi connectivity index (χ4n) is 1.79. The number of hydrogen-bond donors (Lipinski definition) is 2. The second-order valence-electron chi connectivity index (χ2n) is 3.74. The summed E-state index contributed by atoms with van der Waals surface area (Å²) >= 11 is 0. The Morgan fingerprint density at radius 1 is 1.31 bits per heavy atom. The summed E-state index contributed by atoms with van der Waals surface area (Å²) in [4.78, 5) is 0. The third-order valence-corrected chi connectivity index (χ3v) is 2.80. The molecule has 0 atom stereocenters. The van der Waals surface area contributed by atoms with E-state index in [1.54, 1.807) is 6.07 Å². The van der Waals surface area contributed by atoms with Gasteiger partial charge in [0.25, 0.3) is 0 Å². The maximum atomic E-state index is 12.9. The molecule has 3 heteroatoms. The van der Waals surface area contributed by atoms with Crippen LogP contribution in [0.3, 0.4) is 0 Å². The molecule has 0 unspecified atom stereocenters. The maximum Gasteiger partial charge on any atom is 0.123 e. The van der Waals surface area contributed by atoms with Crippen molar-refractivity contribution < 1.29 is 4.39 Å². The molecule has 1 fully saturated rings. The van der Waals surface area contributed by atoms with E-state index in [-0.39, 0.29) is 11.4 Å². The monoisotopic (exact) mass is 180 g/mol. The Kier molecular flexibility index (Phi) is 1.77. The Hall–Kier alpha value is -1.09. The number of hydrogen-bond acceptors (Lipinski definition) is 2. The highest BCUT2D eigenvalue weighted by Crippen LogP contribution is 2.41. The number of rotatable bonds is 1. The predicted molar refractivity (Wildman–Crippen MR) is 50.5 cm³/mol. The average molecular weight is 180 g/mol. The highest BCUT2D eigenvalue weighted by Gasteiger charge is 2.35. The van der Waals surface area contributed by atoms with Crippen LogP contribution in [0.1, 0.15) is 24.8 Å². The Morgan fingerprint density at radius 3 is 2.54 bits per heavy atom. The first kappa shape index (κ1) is 8.51. The summed E-state index contributed by atoms with van der Waals surface area (Å²) < 4.78 is 12.9. The van der Waals surface area contributed by atoms with E-state index in [0.717, 1.165) is 24.8 Å². The lowest BCUT2D eigenvalue weighted by molar-refractivity contribution is 0.254. The Labute approximate surface area is 76.7 Å². The van der Waals surface area contributed by atoms with E-state index in [0.29, 0.717) is 5.69 Å². The van der Waals surface area contributed by atoms with Gasteiger partial charge >= 0.3 is 0 Å². The van der Waals surface area contributed by atoms with Crippen molar-refractivity contribution in [3.05, 3.63) is 29.6 Å². The van der Waals surface area contributed by atoms with Crippen LogP contribution in [0.5, 0.6) is 0 Å². The van der Waals surface area contributed by atoms with Gasteiger partial charge in [0, 0.05) is 11.2 Å². The lowest BCUT2D eigenvalue weighted by Gasteiger charge is -2.39. The summed E-state index contributed by atoms with van der Waals surface area (Å²) in [7, 11) is 0. The molecule has 0 saturated heterocycles. The van der Waals surface area contributed by atoms with Crippen molar-refractivity contribution in [1.82, 2.24) is 0 Å². The van der Waals surface area contributed by atoms with Crippen molar-refractivity contribution in [2.75, 3.05) is 5.73 Å². The Morgan fingerprint density at radius 2 is 2.00 bits per heavy atom. The zero-order valence-electron chi connectivity index (χ0n) is 7.39. The van der Waals surface area contributed by atoms with Crippen LogP contribution in [-0.2, 0) is 5.54 Å². The molecule has 0 spiro atoms. The van der Waals surface area contributed by atoms with Gasteiger partial charge in [0.15, 0.2) is 0 Å². The van der Waals surface area contributed by atoms with Gasteiger partial charge in [0.1, 0.15) is 5.82 Å². The van der Waals surface area contributed by atoms with E-state index in [4.69, 9.17) is 11.5 Å². The van der Waals surface area contributed by atoms with E-state index in [1.165, 1.54) is 12.1 Å². The van der Waals surface area contributed by atoms with Crippen molar-refractivity contribution in [1.29, 1.82) is 0 Å². The first-order valence-corrected chi connectivity index (χ1v) is 4.46. The van der Waals surface area contributed by atoms with E-state index >= 15 is 0 Å². The number of halogens is 1. The lowest BCUT2D eigenvalue weighted by atomic mass is 9.72. The lowest BCUT2D eigenvalue weighted by Crippen LogP contribution is -2.43. The molecule has 1 aliphatic carbocycles. The summed E-state index contributed by atoms with van der Waals surface area (Å²) in [5.41, 5.74) is 12.8. The van der Waals surface area contributed by atoms with Crippen molar-refractivity contribution >= 4 is 5.69 Å². The molecule has 0 radical (unpaired) electrons. The molecular formula is C10H13FN2. The van der Waals surface area contributed by atoms with Gasteiger partial charge < -0.3 is 11.5 Å². The minimum absolute atomic E-state index is 0.263. The average Bonchev–Trinajstić information content (AvgIpc) is 2.05. The second kappa shape index (κ2) is 2.70. The topological polar surface area (TPSA) is 52.0 Å². The molecule has 0 heterocycles. The van der Waals surface area contributed by atoms with Gasteiger partial charge in [-0.2, -0.15) is 0 Å². The van der Waals surface area contributed by atoms with E-state index in [2.05, 4.69) is 0 Å². The largest absolute Gasteiger partial charge is 0.398 e. The molecule has 0 amide bonds. The first-order chi connectivity index (χ1) is 6.12. The van der Waals surface area contributed by atoms with E-state index < -0.39 is 0 Å². The van der Waals surface area contributed by atoms with Crippen LogP contribution in [0.2, 0.25) is 0 Å². The van der Waals surface area contributed by atoms with Crippen molar-refractivity contribution in [2.24, 2.45) is 5.73 Å². The van der Waals surface area contributed by atoms with Gasteiger partial charge in [0.05, 0.1) is 0 Å². The molecule has 0 aromatic heterocycles. The smallest absolute Gasteiger partial charge is 0.123 e. The van der Waals surface area contributed by atoms with Gasteiger partial charge in [-0.3, -0.25) is 0 Å². The molecular weight excluding hydrogens is 167 g/mol. The molecule has 2 nitrogen and oxygen atoms in total. The summed E-state index contributed by atoms with van der Waals surface area (Å²) in [6.45, 7) is 0.